The highest BCUT2D eigenvalue weighted by atomic mass is 79.9. The molecule has 0 aromatic heterocycles. The second-order valence-electron chi connectivity index (χ2n) is 6.14. The summed E-state index contributed by atoms with van der Waals surface area (Å²) in [4.78, 5) is 0. The van der Waals surface area contributed by atoms with Crippen molar-refractivity contribution in [2.75, 3.05) is 13.2 Å². The minimum absolute atomic E-state index is 0.0629. The summed E-state index contributed by atoms with van der Waals surface area (Å²) in [6, 6.07) is 6.72. The lowest BCUT2D eigenvalue weighted by atomic mass is 9.79. The topological polar surface area (TPSA) is 30.5 Å². The van der Waals surface area contributed by atoms with Crippen LogP contribution in [0.25, 0.3) is 0 Å². The third-order valence-electron chi connectivity index (χ3n) is 4.67. The van der Waals surface area contributed by atoms with Crippen molar-refractivity contribution in [3.8, 4) is 5.75 Å². The summed E-state index contributed by atoms with van der Waals surface area (Å²) < 4.78 is 13.4. The van der Waals surface area contributed by atoms with Crippen LogP contribution in [0.2, 0.25) is 0 Å². The Hall–Kier alpha value is -0.580. The Morgan fingerprint density at radius 2 is 2.19 bits per heavy atom. The lowest BCUT2D eigenvalue weighted by Gasteiger charge is -2.46. The molecule has 1 fully saturated rings. The molecule has 0 amide bonds. The molecular formula is C17H24BrNO2. The van der Waals surface area contributed by atoms with Gasteiger partial charge in [-0.25, -0.2) is 0 Å². The molecule has 1 aromatic carbocycles. The van der Waals surface area contributed by atoms with E-state index in [-0.39, 0.29) is 5.60 Å². The summed E-state index contributed by atoms with van der Waals surface area (Å²) in [7, 11) is 0. The van der Waals surface area contributed by atoms with Crippen LogP contribution in [0, 0.1) is 0 Å². The molecule has 0 radical (unpaired) electrons. The van der Waals surface area contributed by atoms with Crippen molar-refractivity contribution in [1.29, 1.82) is 0 Å². The Labute approximate surface area is 135 Å². The summed E-state index contributed by atoms with van der Waals surface area (Å²) in [5, 5.41) is 3.63. The van der Waals surface area contributed by atoms with Gasteiger partial charge in [0.05, 0.1) is 12.7 Å². The predicted molar refractivity (Wildman–Crippen MR) is 87.8 cm³/mol. The third kappa shape index (κ3) is 3.13. The zero-order valence-corrected chi connectivity index (χ0v) is 14.4. The van der Waals surface area contributed by atoms with Gasteiger partial charge in [-0.1, -0.05) is 29.8 Å². The summed E-state index contributed by atoms with van der Waals surface area (Å²) in [6.07, 6.45) is 4.41. The zero-order valence-electron chi connectivity index (χ0n) is 12.8. The molecule has 0 saturated carbocycles. The van der Waals surface area contributed by atoms with E-state index in [0.717, 1.165) is 49.1 Å². The van der Waals surface area contributed by atoms with Crippen LogP contribution in [0.3, 0.4) is 0 Å². The maximum atomic E-state index is 6.48. The second-order valence-corrected chi connectivity index (χ2v) is 7.05. The van der Waals surface area contributed by atoms with Crippen molar-refractivity contribution >= 4 is 15.9 Å². The molecule has 21 heavy (non-hydrogen) atoms. The standard InChI is InChI=1S/C17H24BrNO2/c1-3-13-10-17(7-8-20-13)11-15(19-4-2)14-9-12(18)5-6-16(14)21-17/h5-6,9,13,15,19H,3-4,7-8,10-11H2,1-2H3. The molecule has 2 aliphatic heterocycles. The first-order valence-corrected chi connectivity index (χ1v) is 8.78. The van der Waals surface area contributed by atoms with E-state index in [1.54, 1.807) is 0 Å². The third-order valence-corrected chi connectivity index (χ3v) is 5.16. The van der Waals surface area contributed by atoms with Crippen LogP contribution in [0.1, 0.15) is 51.1 Å². The normalized spacial score (nSPS) is 31.8. The number of hydrogen-bond acceptors (Lipinski definition) is 3. The quantitative estimate of drug-likeness (QED) is 0.882. The van der Waals surface area contributed by atoms with Crippen LogP contribution in [0.15, 0.2) is 22.7 Å². The van der Waals surface area contributed by atoms with Crippen molar-refractivity contribution in [2.45, 2.75) is 57.3 Å². The van der Waals surface area contributed by atoms with E-state index in [9.17, 15) is 0 Å². The highest BCUT2D eigenvalue weighted by Gasteiger charge is 2.44. The number of nitrogens with one attached hydrogen (secondary N) is 1. The fraction of sp³-hybridized carbons (Fsp3) is 0.647. The highest BCUT2D eigenvalue weighted by molar-refractivity contribution is 9.10. The van der Waals surface area contributed by atoms with Gasteiger partial charge in [-0.15, -0.1) is 0 Å². The van der Waals surface area contributed by atoms with Gasteiger partial charge < -0.3 is 14.8 Å². The molecule has 2 aliphatic rings. The van der Waals surface area contributed by atoms with Crippen LogP contribution in [0.4, 0.5) is 0 Å². The minimum Gasteiger partial charge on any atom is -0.487 e. The van der Waals surface area contributed by atoms with Gasteiger partial charge in [0.25, 0.3) is 0 Å². The van der Waals surface area contributed by atoms with Gasteiger partial charge in [0, 0.05) is 35.3 Å². The molecule has 3 rings (SSSR count). The van der Waals surface area contributed by atoms with Gasteiger partial charge in [0.15, 0.2) is 0 Å². The van der Waals surface area contributed by atoms with E-state index < -0.39 is 0 Å². The molecule has 1 saturated heterocycles. The maximum absolute atomic E-state index is 6.48. The maximum Gasteiger partial charge on any atom is 0.125 e. The van der Waals surface area contributed by atoms with Gasteiger partial charge >= 0.3 is 0 Å². The summed E-state index contributed by atoms with van der Waals surface area (Å²) in [5.74, 6) is 1.03. The molecule has 3 unspecified atom stereocenters. The zero-order chi connectivity index (χ0) is 14.9. The Kier molecular flexibility index (Phi) is 4.57. The highest BCUT2D eigenvalue weighted by Crippen LogP contribution is 2.46. The van der Waals surface area contributed by atoms with Gasteiger partial charge in [-0.3, -0.25) is 0 Å². The van der Waals surface area contributed by atoms with Crippen molar-refractivity contribution < 1.29 is 9.47 Å². The molecule has 1 aromatic rings. The van der Waals surface area contributed by atoms with Gasteiger partial charge in [0.1, 0.15) is 11.4 Å². The molecule has 3 atom stereocenters. The molecular weight excluding hydrogens is 330 g/mol. The first-order valence-electron chi connectivity index (χ1n) is 7.99. The average Bonchev–Trinajstić information content (AvgIpc) is 2.48. The Bertz CT molecular complexity index is 508. The van der Waals surface area contributed by atoms with Gasteiger partial charge in [-0.2, -0.15) is 0 Å². The van der Waals surface area contributed by atoms with E-state index in [4.69, 9.17) is 9.47 Å². The molecule has 3 nitrogen and oxygen atoms in total. The largest absolute Gasteiger partial charge is 0.487 e. The fourth-order valence-corrected chi connectivity index (χ4v) is 3.98. The Morgan fingerprint density at radius 1 is 1.33 bits per heavy atom. The van der Waals surface area contributed by atoms with Crippen LogP contribution in [0.5, 0.6) is 5.75 Å². The lowest BCUT2D eigenvalue weighted by molar-refractivity contribution is -0.103. The monoisotopic (exact) mass is 353 g/mol. The molecule has 1 N–H and O–H groups in total. The van der Waals surface area contributed by atoms with Gasteiger partial charge in [0.2, 0.25) is 0 Å². The number of halogens is 1. The molecule has 1 spiro atoms. The van der Waals surface area contributed by atoms with Crippen LogP contribution >= 0.6 is 15.9 Å². The molecule has 0 bridgehead atoms. The second kappa shape index (κ2) is 6.27. The Morgan fingerprint density at radius 3 is 2.95 bits per heavy atom. The van der Waals surface area contributed by atoms with Crippen molar-refractivity contribution in [1.82, 2.24) is 5.32 Å². The van der Waals surface area contributed by atoms with E-state index in [1.807, 2.05) is 0 Å². The van der Waals surface area contributed by atoms with E-state index in [1.165, 1.54) is 5.56 Å². The smallest absolute Gasteiger partial charge is 0.125 e. The minimum atomic E-state index is -0.0629. The SMILES string of the molecule is CCNC1CC2(CCOC(CC)C2)Oc2ccc(Br)cc21. The molecule has 2 heterocycles. The van der Waals surface area contributed by atoms with Crippen molar-refractivity contribution in [2.24, 2.45) is 0 Å². The summed E-state index contributed by atoms with van der Waals surface area (Å²) >= 11 is 3.57. The number of hydrogen-bond donors (Lipinski definition) is 1. The predicted octanol–water partition coefficient (Wildman–Crippen LogP) is 4.21. The number of benzene rings is 1. The molecule has 116 valence electrons. The van der Waals surface area contributed by atoms with Crippen LogP contribution in [-0.2, 0) is 4.74 Å². The number of fused-ring (bicyclic) bond motifs is 1. The Balaban J connectivity index is 1.91. The average molecular weight is 354 g/mol. The van der Waals surface area contributed by atoms with Crippen molar-refractivity contribution in [3.63, 3.8) is 0 Å². The summed E-state index contributed by atoms with van der Waals surface area (Å²) in [6.45, 7) is 6.14. The van der Waals surface area contributed by atoms with Gasteiger partial charge in [-0.05, 0) is 31.2 Å². The molecule has 4 heteroatoms. The van der Waals surface area contributed by atoms with E-state index in [2.05, 4.69) is 53.3 Å². The van der Waals surface area contributed by atoms with Crippen LogP contribution < -0.4 is 10.1 Å². The summed E-state index contributed by atoms with van der Waals surface area (Å²) in [5.41, 5.74) is 1.21. The fourth-order valence-electron chi connectivity index (χ4n) is 3.60. The van der Waals surface area contributed by atoms with Crippen molar-refractivity contribution in [3.05, 3.63) is 28.2 Å². The number of ether oxygens (including phenoxy) is 2. The molecule has 0 aliphatic carbocycles. The number of rotatable bonds is 3. The first-order chi connectivity index (χ1) is 10.2. The van der Waals surface area contributed by atoms with E-state index >= 15 is 0 Å². The van der Waals surface area contributed by atoms with Crippen LogP contribution in [-0.4, -0.2) is 24.9 Å². The first kappa shape index (κ1) is 15.3. The van der Waals surface area contributed by atoms with E-state index in [0.29, 0.717) is 12.1 Å². The lowest BCUT2D eigenvalue weighted by Crippen LogP contribution is -2.50.